The molecule has 4 rings (SSSR count). The van der Waals surface area contributed by atoms with Crippen molar-refractivity contribution >= 4 is 34.7 Å². The molecule has 0 saturated carbocycles. The topological polar surface area (TPSA) is 58.4 Å². The van der Waals surface area contributed by atoms with Gasteiger partial charge in [0.25, 0.3) is 0 Å². The van der Waals surface area contributed by atoms with Crippen LogP contribution in [0, 0.1) is 0 Å². The summed E-state index contributed by atoms with van der Waals surface area (Å²) in [4.78, 5) is 13.6. The van der Waals surface area contributed by atoms with Crippen LogP contribution in [0.4, 0.5) is 0 Å². The number of amides is 1. The largest absolute Gasteiger partial charge is 0.387 e. The van der Waals surface area contributed by atoms with Gasteiger partial charge in [0.2, 0.25) is 5.91 Å². The van der Waals surface area contributed by atoms with Crippen molar-refractivity contribution in [3.8, 4) is 11.3 Å². The highest BCUT2D eigenvalue weighted by Crippen LogP contribution is 2.47. The van der Waals surface area contributed by atoms with Crippen molar-refractivity contribution in [3.63, 3.8) is 0 Å². The molecular formula is C18H17Cl2N3O2. The van der Waals surface area contributed by atoms with Gasteiger partial charge in [-0.15, -0.1) is 0 Å². The molecule has 0 unspecified atom stereocenters. The van der Waals surface area contributed by atoms with Gasteiger partial charge in [-0.25, -0.2) is 0 Å². The minimum absolute atomic E-state index is 0.248. The number of benzene rings is 1. The average Bonchev–Trinajstić information content (AvgIpc) is 3.20. The van der Waals surface area contributed by atoms with Crippen LogP contribution in [0.2, 0.25) is 10.0 Å². The summed E-state index contributed by atoms with van der Waals surface area (Å²) in [5, 5.41) is 14.6. The Morgan fingerprint density at radius 2 is 2.20 bits per heavy atom. The third kappa shape index (κ3) is 2.58. The molecule has 0 bridgehead atoms. The van der Waals surface area contributed by atoms with Crippen LogP contribution in [0.1, 0.15) is 17.5 Å². The summed E-state index contributed by atoms with van der Waals surface area (Å²) in [5.41, 5.74) is 6.43. The van der Waals surface area contributed by atoms with E-state index in [0.717, 1.165) is 40.8 Å². The van der Waals surface area contributed by atoms with E-state index in [9.17, 15) is 9.90 Å². The first-order chi connectivity index (χ1) is 12.0. The standard InChI is InChI=1S/C18H17Cl2N3O2/c1-22-15(2-4-21-22)11-7-14(19)18(20)12-6-10-3-5-23(16(25)9-24)8-13(10)17(11)12/h2,4,7,24H,3,5-6,8-9H2,1H3. The van der Waals surface area contributed by atoms with E-state index in [1.54, 1.807) is 15.8 Å². The fraction of sp³-hybridized carbons (Fsp3) is 0.333. The lowest BCUT2D eigenvalue weighted by molar-refractivity contribution is -0.133. The maximum Gasteiger partial charge on any atom is 0.248 e. The summed E-state index contributed by atoms with van der Waals surface area (Å²) in [7, 11) is 1.89. The first-order valence-electron chi connectivity index (χ1n) is 8.10. The minimum atomic E-state index is -0.467. The third-order valence-corrected chi connectivity index (χ3v) is 5.88. The van der Waals surface area contributed by atoms with Crippen LogP contribution in [0.15, 0.2) is 23.9 Å². The molecule has 0 radical (unpaired) electrons. The van der Waals surface area contributed by atoms with Crippen molar-refractivity contribution in [3.05, 3.63) is 45.1 Å². The van der Waals surface area contributed by atoms with Gasteiger partial charge >= 0.3 is 0 Å². The van der Waals surface area contributed by atoms with E-state index in [4.69, 9.17) is 23.2 Å². The van der Waals surface area contributed by atoms with Crippen LogP contribution in [-0.2, 0) is 18.3 Å². The third-order valence-electron chi connectivity index (χ3n) is 5.05. The van der Waals surface area contributed by atoms with Gasteiger partial charge in [-0.3, -0.25) is 9.48 Å². The molecule has 1 aromatic carbocycles. The molecule has 2 aliphatic rings. The number of fused-ring (bicyclic) bond motifs is 2. The Kier molecular flexibility index (Phi) is 4.10. The molecule has 1 aromatic heterocycles. The molecule has 2 heterocycles. The van der Waals surface area contributed by atoms with E-state index in [-0.39, 0.29) is 5.91 Å². The number of carbonyl (C=O) groups is 1. The summed E-state index contributed by atoms with van der Waals surface area (Å²) in [6.45, 7) is 0.647. The zero-order valence-corrected chi connectivity index (χ0v) is 15.2. The molecule has 0 saturated heterocycles. The monoisotopic (exact) mass is 377 g/mol. The van der Waals surface area contributed by atoms with Crippen LogP contribution in [-0.4, -0.2) is 45.4 Å². The van der Waals surface area contributed by atoms with E-state index in [2.05, 4.69) is 5.10 Å². The molecule has 130 valence electrons. The fourth-order valence-corrected chi connectivity index (χ4v) is 4.25. The quantitative estimate of drug-likeness (QED) is 0.874. The number of aliphatic hydroxyl groups is 1. The Labute approximate surface area is 155 Å². The van der Waals surface area contributed by atoms with Crippen LogP contribution >= 0.6 is 23.2 Å². The van der Waals surface area contributed by atoms with Gasteiger partial charge in [-0.05, 0) is 41.7 Å². The molecule has 2 aromatic rings. The summed E-state index contributed by atoms with van der Waals surface area (Å²) in [6, 6.07) is 3.82. The fourth-order valence-electron chi connectivity index (χ4n) is 3.81. The van der Waals surface area contributed by atoms with Crippen molar-refractivity contribution in [1.82, 2.24) is 14.7 Å². The van der Waals surface area contributed by atoms with E-state index in [1.165, 1.54) is 5.57 Å². The minimum Gasteiger partial charge on any atom is -0.387 e. The van der Waals surface area contributed by atoms with E-state index < -0.39 is 6.61 Å². The molecule has 5 nitrogen and oxygen atoms in total. The Morgan fingerprint density at radius 1 is 1.40 bits per heavy atom. The smallest absolute Gasteiger partial charge is 0.248 e. The molecule has 0 fully saturated rings. The molecule has 1 amide bonds. The first kappa shape index (κ1) is 16.6. The van der Waals surface area contributed by atoms with Crippen molar-refractivity contribution < 1.29 is 9.90 Å². The highest BCUT2D eigenvalue weighted by molar-refractivity contribution is 6.43. The highest BCUT2D eigenvalue weighted by atomic mass is 35.5. The second-order valence-corrected chi connectivity index (χ2v) is 7.18. The zero-order valence-electron chi connectivity index (χ0n) is 13.7. The van der Waals surface area contributed by atoms with Crippen LogP contribution < -0.4 is 0 Å². The van der Waals surface area contributed by atoms with E-state index in [1.807, 2.05) is 19.2 Å². The lowest BCUT2D eigenvalue weighted by atomic mass is 9.94. The number of halogens is 2. The molecule has 0 atom stereocenters. The van der Waals surface area contributed by atoms with Gasteiger partial charge in [-0.1, -0.05) is 28.8 Å². The number of aryl methyl sites for hydroxylation is 1. The van der Waals surface area contributed by atoms with E-state index >= 15 is 0 Å². The number of aromatic nitrogens is 2. The lowest BCUT2D eigenvalue weighted by Crippen LogP contribution is -2.37. The van der Waals surface area contributed by atoms with Crippen molar-refractivity contribution in [2.75, 3.05) is 19.7 Å². The van der Waals surface area contributed by atoms with Crippen LogP contribution in [0.5, 0.6) is 0 Å². The Balaban J connectivity index is 1.88. The predicted molar refractivity (Wildman–Crippen MR) is 97.6 cm³/mol. The second-order valence-electron chi connectivity index (χ2n) is 6.40. The molecule has 7 heteroatoms. The van der Waals surface area contributed by atoms with Crippen molar-refractivity contribution in [2.45, 2.75) is 12.8 Å². The van der Waals surface area contributed by atoms with Crippen LogP contribution in [0.25, 0.3) is 16.8 Å². The summed E-state index contributed by atoms with van der Waals surface area (Å²) < 4.78 is 1.80. The SMILES string of the molecule is Cn1nccc1-c1cc(Cl)c(Cl)c2c1C1=C(CCN(C(=O)CO)C1)C2. The van der Waals surface area contributed by atoms with Crippen LogP contribution in [0.3, 0.4) is 0 Å². The molecule has 1 aliphatic carbocycles. The van der Waals surface area contributed by atoms with Gasteiger partial charge in [0.05, 0.1) is 15.7 Å². The molecule has 1 N–H and O–H groups in total. The normalized spacial score (nSPS) is 16.2. The maximum atomic E-state index is 11.9. The molecule has 0 spiro atoms. The van der Waals surface area contributed by atoms with Crippen molar-refractivity contribution in [1.29, 1.82) is 0 Å². The van der Waals surface area contributed by atoms with Gasteiger partial charge < -0.3 is 10.0 Å². The first-order valence-corrected chi connectivity index (χ1v) is 8.86. The highest BCUT2D eigenvalue weighted by Gasteiger charge is 2.33. The Bertz CT molecular complexity index is 917. The summed E-state index contributed by atoms with van der Waals surface area (Å²) in [6.07, 6.45) is 3.29. The molecular weight excluding hydrogens is 361 g/mol. The summed E-state index contributed by atoms with van der Waals surface area (Å²) >= 11 is 12.9. The predicted octanol–water partition coefficient (Wildman–Crippen LogP) is 2.93. The number of aliphatic hydroxyl groups excluding tert-OH is 1. The van der Waals surface area contributed by atoms with Gasteiger partial charge in [0, 0.05) is 31.9 Å². The number of hydrogen-bond donors (Lipinski definition) is 1. The maximum absolute atomic E-state index is 11.9. The number of hydrogen-bond acceptors (Lipinski definition) is 3. The molecule has 1 aliphatic heterocycles. The zero-order chi connectivity index (χ0) is 17.7. The summed E-state index contributed by atoms with van der Waals surface area (Å²) in [5.74, 6) is -0.248. The number of nitrogens with zero attached hydrogens (tertiary/aromatic N) is 3. The lowest BCUT2D eigenvalue weighted by Gasteiger charge is -2.28. The number of carbonyl (C=O) groups excluding carboxylic acids is 1. The second kappa shape index (κ2) is 6.16. The van der Waals surface area contributed by atoms with E-state index in [0.29, 0.717) is 23.1 Å². The Hall–Kier alpha value is -1.82. The number of rotatable bonds is 2. The van der Waals surface area contributed by atoms with Gasteiger partial charge in [-0.2, -0.15) is 5.10 Å². The van der Waals surface area contributed by atoms with Gasteiger partial charge in [0.1, 0.15) is 6.61 Å². The van der Waals surface area contributed by atoms with Gasteiger partial charge in [0.15, 0.2) is 0 Å². The Morgan fingerprint density at radius 3 is 2.88 bits per heavy atom. The average molecular weight is 378 g/mol. The van der Waals surface area contributed by atoms with Crippen molar-refractivity contribution in [2.24, 2.45) is 7.05 Å². The molecule has 25 heavy (non-hydrogen) atoms.